The van der Waals surface area contributed by atoms with Gasteiger partial charge in [-0.05, 0) is 38.5 Å². The van der Waals surface area contributed by atoms with E-state index in [-0.39, 0.29) is 29.9 Å². The lowest BCUT2D eigenvalue weighted by atomic mass is 9.74. The van der Waals surface area contributed by atoms with Crippen LogP contribution in [0.3, 0.4) is 0 Å². The number of hydrogen-bond acceptors (Lipinski definition) is 4. The van der Waals surface area contributed by atoms with Crippen LogP contribution in [0.5, 0.6) is 0 Å². The van der Waals surface area contributed by atoms with E-state index in [0.717, 1.165) is 38.5 Å². The van der Waals surface area contributed by atoms with Crippen LogP contribution in [0.1, 0.15) is 80.4 Å². The Kier molecular flexibility index (Phi) is 4.50. The van der Waals surface area contributed by atoms with Crippen LogP contribution in [-0.4, -0.2) is 28.6 Å². The van der Waals surface area contributed by atoms with Crippen LogP contribution >= 0.6 is 0 Å². The van der Waals surface area contributed by atoms with Gasteiger partial charge in [0.05, 0.1) is 12.3 Å². The number of aryl methyl sites for hydroxylation is 1. The molecule has 0 aromatic carbocycles. The number of rotatable bonds is 6. The fourth-order valence-corrected chi connectivity index (χ4v) is 4.01. The van der Waals surface area contributed by atoms with E-state index < -0.39 is 0 Å². The van der Waals surface area contributed by atoms with Crippen LogP contribution in [0, 0.1) is 18.3 Å². The third-order valence-electron chi connectivity index (χ3n) is 5.47. The van der Waals surface area contributed by atoms with Gasteiger partial charge >= 0.3 is 0 Å². The Balaban J connectivity index is 1.78. The van der Waals surface area contributed by atoms with Gasteiger partial charge in [0.25, 0.3) is 5.91 Å². The van der Waals surface area contributed by atoms with Crippen molar-refractivity contribution < 1.29 is 14.3 Å². The van der Waals surface area contributed by atoms with Crippen LogP contribution in [-0.2, 0) is 0 Å². The van der Waals surface area contributed by atoms with Gasteiger partial charge in [-0.3, -0.25) is 4.79 Å². The van der Waals surface area contributed by atoms with Gasteiger partial charge in [-0.15, -0.1) is 0 Å². The minimum atomic E-state index is -0.197. The maximum Gasteiger partial charge on any atom is 0.289 e. The number of aliphatic hydroxyl groups excluding tert-OH is 1. The van der Waals surface area contributed by atoms with E-state index in [1.807, 2.05) is 6.92 Å². The first-order valence-corrected chi connectivity index (χ1v) is 8.86. The number of carbonyl (C=O) groups is 1. The minimum Gasteiger partial charge on any atom is -0.435 e. The molecule has 0 spiro atoms. The predicted molar refractivity (Wildman–Crippen MR) is 87.3 cm³/mol. The monoisotopic (exact) mass is 320 g/mol. The number of amides is 1. The molecule has 128 valence electrons. The van der Waals surface area contributed by atoms with E-state index in [4.69, 9.17) is 4.42 Å². The highest BCUT2D eigenvalue weighted by atomic mass is 16.4. The second kappa shape index (κ2) is 6.27. The largest absolute Gasteiger partial charge is 0.435 e. The van der Waals surface area contributed by atoms with Crippen molar-refractivity contribution in [3.05, 3.63) is 17.3 Å². The summed E-state index contributed by atoms with van der Waals surface area (Å²) in [5.74, 6) is 1.50. The molecule has 0 radical (unpaired) electrons. The summed E-state index contributed by atoms with van der Waals surface area (Å²) in [5, 5.41) is 13.1. The van der Waals surface area contributed by atoms with Crippen molar-refractivity contribution in [3.8, 4) is 0 Å². The molecule has 1 aromatic rings. The Labute approximate surface area is 137 Å². The second-order valence-corrected chi connectivity index (χ2v) is 7.66. The van der Waals surface area contributed by atoms with Gasteiger partial charge in [0.15, 0.2) is 5.89 Å². The first-order chi connectivity index (χ1) is 11.0. The molecule has 3 rings (SSSR count). The summed E-state index contributed by atoms with van der Waals surface area (Å²) in [6.07, 6.45) is 6.37. The lowest BCUT2D eigenvalue weighted by Crippen LogP contribution is -2.51. The van der Waals surface area contributed by atoms with Gasteiger partial charge in [0.1, 0.15) is 0 Å². The number of nitrogens with one attached hydrogen (secondary N) is 1. The smallest absolute Gasteiger partial charge is 0.289 e. The quantitative estimate of drug-likeness (QED) is 0.844. The lowest BCUT2D eigenvalue weighted by molar-refractivity contribution is 0.0553. The van der Waals surface area contributed by atoms with E-state index >= 15 is 0 Å². The maximum atomic E-state index is 12.7. The Morgan fingerprint density at radius 2 is 2.04 bits per heavy atom. The first kappa shape index (κ1) is 16.5. The molecular weight excluding hydrogens is 292 g/mol. The minimum absolute atomic E-state index is 0.0450. The van der Waals surface area contributed by atoms with E-state index in [0.29, 0.717) is 23.3 Å². The number of nitrogens with zero attached hydrogens (tertiary/aromatic N) is 1. The molecule has 23 heavy (non-hydrogen) atoms. The van der Waals surface area contributed by atoms with Crippen molar-refractivity contribution in [2.24, 2.45) is 11.3 Å². The molecule has 0 saturated heterocycles. The maximum absolute atomic E-state index is 12.7. The summed E-state index contributed by atoms with van der Waals surface area (Å²) in [5.41, 5.74) is 0.466. The molecule has 0 bridgehead atoms. The van der Waals surface area contributed by atoms with Gasteiger partial charge in [0.2, 0.25) is 5.76 Å². The highest BCUT2D eigenvalue weighted by Crippen LogP contribution is 2.43. The summed E-state index contributed by atoms with van der Waals surface area (Å²) in [7, 11) is 0. The molecule has 2 fully saturated rings. The summed E-state index contributed by atoms with van der Waals surface area (Å²) < 4.78 is 5.72. The standard InChI is InChI=1S/C18H28N2O3/c1-11(2)15(18(10-21)8-4-5-9-18)20-16(22)14-12(3)19-17(23-14)13-6-7-13/h11,13,15,21H,4-10H2,1-3H3,(H,20,22). The van der Waals surface area contributed by atoms with E-state index in [9.17, 15) is 9.90 Å². The fraction of sp³-hybridized carbons (Fsp3) is 0.778. The third-order valence-corrected chi connectivity index (χ3v) is 5.47. The second-order valence-electron chi connectivity index (χ2n) is 7.66. The Morgan fingerprint density at radius 1 is 1.39 bits per heavy atom. The molecule has 1 aromatic heterocycles. The molecule has 5 nitrogen and oxygen atoms in total. The van der Waals surface area contributed by atoms with Crippen molar-refractivity contribution in [2.45, 2.75) is 71.3 Å². The van der Waals surface area contributed by atoms with Crippen molar-refractivity contribution in [2.75, 3.05) is 6.61 Å². The van der Waals surface area contributed by atoms with Crippen LogP contribution in [0.2, 0.25) is 0 Å². The van der Waals surface area contributed by atoms with Crippen LogP contribution in [0.4, 0.5) is 0 Å². The van der Waals surface area contributed by atoms with E-state index in [1.165, 1.54) is 0 Å². The van der Waals surface area contributed by atoms with Gasteiger partial charge in [-0.25, -0.2) is 4.98 Å². The van der Waals surface area contributed by atoms with Crippen LogP contribution in [0.15, 0.2) is 4.42 Å². The molecule has 5 heteroatoms. The molecule has 2 aliphatic carbocycles. The normalized spacial score (nSPS) is 21.6. The molecule has 1 heterocycles. The highest BCUT2D eigenvalue weighted by molar-refractivity contribution is 5.92. The Morgan fingerprint density at radius 3 is 2.57 bits per heavy atom. The topological polar surface area (TPSA) is 75.4 Å². The lowest BCUT2D eigenvalue weighted by Gasteiger charge is -2.39. The molecule has 1 atom stereocenters. The Bertz CT molecular complexity index is 569. The summed E-state index contributed by atoms with van der Waals surface area (Å²) in [6, 6.07) is -0.0450. The first-order valence-electron chi connectivity index (χ1n) is 8.86. The van der Waals surface area contributed by atoms with Gasteiger partial charge in [0, 0.05) is 17.4 Å². The van der Waals surface area contributed by atoms with E-state index in [1.54, 1.807) is 0 Å². The molecule has 0 aliphatic heterocycles. The molecule has 2 saturated carbocycles. The van der Waals surface area contributed by atoms with Gasteiger partial charge in [-0.1, -0.05) is 26.7 Å². The Hall–Kier alpha value is -1.36. The molecule has 1 unspecified atom stereocenters. The molecule has 2 aliphatic rings. The van der Waals surface area contributed by atoms with Crippen molar-refractivity contribution in [1.29, 1.82) is 0 Å². The van der Waals surface area contributed by atoms with Crippen LogP contribution < -0.4 is 5.32 Å². The summed E-state index contributed by atoms with van der Waals surface area (Å²) in [4.78, 5) is 17.1. The number of oxazole rings is 1. The van der Waals surface area contributed by atoms with Crippen LogP contribution in [0.25, 0.3) is 0 Å². The average molecular weight is 320 g/mol. The zero-order chi connectivity index (χ0) is 16.6. The number of aliphatic hydroxyl groups is 1. The zero-order valence-electron chi connectivity index (χ0n) is 14.4. The average Bonchev–Trinajstić information content (AvgIpc) is 3.13. The third kappa shape index (κ3) is 3.16. The van der Waals surface area contributed by atoms with Crippen molar-refractivity contribution in [3.63, 3.8) is 0 Å². The molecule has 1 amide bonds. The zero-order valence-corrected chi connectivity index (χ0v) is 14.4. The summed E-state index contributed by atoms with van der Waals surface area (Å²) >= 11 is 0. The highest BCUT2D eigenvalue weighted by Gasteiger charge is 2.43. The SMILES string of the molecule is Cc1nc(C2CC2)oc1C(=O)NC(C(C)C)C1(CO)CCCC1. The van der Waals surface area contributed by atoms with Crippen molar-refractivity contribution >= 4 is 5.91 Å². The van der Waals surface area contributed by atoms with E-state index in [2.05, 4.69) is 24.1 Å². The van der Waals surface area contributed by atoms with Crippen molar-refractivity contribution in [1.82, 2.24) is 10.3 Å². The molecular formula is C18H28N2O3. The fourth-order valence-electron chi connectivity index (χ4n) is 4.01. The number of hydrogen-bond donors (Lipinski definition) is 2. The summed E-state index contributed by atoms with van der Waals surface area (Å²) in [6.45, 7) is 6.15. The number of aromatic nitrogens is 1. The van der Waals surface area contributed by atoms with Gasteiger partial charge < -0.3 is 14.8 Å². The predicted octanol–water partition coefficient (Wildman–Crippen LogP) is 3.17. The van der Waals surface area contributed by atoms with Gasteiger partial charge in [-0.2, -0.15) is 0 Å². The number of carbonyl (C=O) groups excluding carboxylic acids is 1. The molecule has 2 N–H and O–H groups in total.